The van der Waals surface area contributed by atoms with E-state index in [0.29, 0.717) is 18.2 Å². The zero-order valence-electron chi connectivity index (χ0n) is 14.8. The second-order valence-corrected chi connectivity index (χ2v) is 7.31. The molecule has 0 saturated carbocycles. The molecule has 6 nitrogen and oxygen atoms in total. The number of benzene rings is 1. The summed E-state index contributed by atoms with van der Waals surface area (Å²) in [5.74, 6) is 0.569. The predicted octanol–water partition coefficient (Wildman–Crippen LogP) is 3.15. The van der Waals surface area contributed by atoms with E-state index in [2.05, 4.69) is 20.7 Å². The third-order valence-electron chi connectivity index (χ3n) is 4.59. The van der Waals surface area contributed by atoms with Gasteiger partial charge in [0.05, 0.1) is 11.9 Å². The van der Waals surface area contributed by atoms with Crippen LogP contribution in [-0.2, 0) is 0 Å². The van der Waals surface area contributed by atoms with Gasteiger partial charge in [-0.1, -0.05) is 18.2 Å². The molecule has 4 rings (SSSR count). The van der Waals surface area contributed by atoms with E-state index in [1.807, 2.05) is 46.6 Å². The van der Waals surface area contributed by atoms with Crippen molar-refractivity contribution >= 4 is 29.7 Å². The summed E-state index contributed by atoms with van der Waals surface area (Å²) in [7, 11) is 0. The molecule has 0 aliphatic carbocycles. The highest BCUT2D eigenvalue weighted by molar-refractivity contribution is 7.13. The summed E-state index contributed by atoms with van der Waals surface area (Å²) < 4.78 is 1.81. The fourth-order valence-corrected chi connectivity index (χ4v) is 3.88. The highest BCUT2D eigenvalue weighted by Gasteiger charge is 2.16. The van der Waals surface area contributed by atoms with Crippen molar-refractivity contribution in [1.82, 2.24) is 25.4 Å². The molecule has 3 aromatic rings. The van der Waals surface area contributed by atoms with E-state index >= 15 is 0 Å². The number of aromatic nitrogens is 3. The number of halogens is 1. The van der Waals surface area contributed by atoms with Gasteiger partial charge in [-0.2, -0.15) is 5.10 Å². The zero-order chi connectivity index (χ0) is 17.8. The van der Waals surface area contributed by atoms with Gasteiger partial charge in [-0.05, 0) is 44.0 Å². The summed E-state index contributed by atoms with van der Waals surface area (Å²) >= 11 is 1.46. The Morgan fingerprint density at radius 1 is 1.33 bits per heavy atom. The topological polar surface area (TPSA) is 71.8 Å². The van der Waals surface area contributed by atoms with Crippen LogP contribution < -0.4 is 10.6 Å². The smallest absolute Gasteiger partial charge is 0.270 e. The maximum Gasteiger partial charge on any atom is 0.270 e. The summed E-state index contributed by atoms with van der Waals surface area (Å²) in [6.07, 6.45) is 5.92. The minimum absolute atomic E-state index is 0. The average Bonchev–Trinajstić information content (AvgIpc) is 3.42. The molecule has 0 radical (unpaired) electrons. The van der Waals surface area contributed by atoms with Crippen molar-refractivity contribution in [2.45, 2.75) is 12.8 Å². The van der Waals surface area contributed by atoms with Crippen molar-refractivity contribution in [3.8, 4) is 16.3 Å². The fourth-order valence-electron chi connectivity index (χ4n) is 3.11. The van der Waals surface area contributed by atoms with E-state index in [1.54, 1.807) is 6.20 Å². The number of hydrogen-bond acceptors (Lipinski definition) is 5. The van der Waals surface area contributed by atoms with Crippen molar-refractivity contribution in [3.05, 3.63) is 53.8 Å². The summed E-state index contributed by atoms with van der Waals surface area (Å²) in [5.41, 5.74) is 2.38. The Labute approximate surface area is 168 Å². The van der Waals surface area contributed by atoms with Crippen LogP contribution in [0.15, 0.2) is 48.1 Å². The third-order valence-corrected chi connectivity index (χ3v) is 5.48. The number of hydrogen-bond donors (Lipinski definition) is 2. The zero-order valence-corrected chi connectivity index (χ0v) is 16.4. The summed E-state index contributed by atoms with van der Waals surface area (Å²) in [6.45, 7) is 2.84. The van der Waals surface area contributed by atoms with Crippen molar-refractivity contribution in [3.63, 3.8) is 0 Å². The largest absolute Gasteiger partial charge is 0.351 e. The van der Waals surface area contributed by atoms with Gasteiger partial charge in [0.2, 0.25) is 0 Å². The van der Waals surface area contributed by atoms with Crippen LogP contribution in [0.3, 0.4) is 0 Å². The lowest BCUT2D eigenvalue weighted by atomic mass is 10.1. The SMILES string of the molecule is Cl.O=C(NCCC1CCNC1)c1csc(-c2cnn(-c3ccccc3)c2)n1. The number of nitrogens with zero attached hydrogens (tertiary/aromatic N) is 3. The molecule has 1 fully saturated rings. The molecule has 1 atom stereocenters. The van der Waals surface area contributed by atoms with Gasteiger partial charge in [-0.3, -0.25) is 4.79 Å². The molecular formula is C19H22ClN5OS. The molecule has 0 bridgehead atoms. The van der Waals surface area contributed by atoms with Crippen molar-refractivity contribution in [2.75, 3.05) is 19.6 Å². The molecular weight excluding hydrogens is 382 g/mol. The summed E-state index contributed by atoms with van der Waals surface area (Å²) in [5, 5.41) is 13.3. The molecule has 8 heteroatoms. The highest BCUT2D eigenvalue weighted by atomic mass is 35.5. The highest BCUT2D eigenvalue weighted by Crippen LogP contribution is 2.24. The number of nitrogens with one attached hydrogen (secondary N) is 2. The molecule has 0 spiro atoms. The Bertz CT molecular complexity index is 873. The van der Waals surface area contributed by atoms with Crippen LogP contribution in [-0.4, -0.2) is 40.3 Å². The molecule has 3 heterocycles. The number of rotatable bonds is 6. The van der Waals surface area contributed by atoms with E-state index < -0.39 is 0 Å². The van der Waals surface area contributed by atoms with Crippen LogP contribution in [0, 0.1) is 5.92 Å². The lowest BCUT2D eigenvalue weighted by Gasteiger charge is -2.08. The quantitative estimate of drug-likeness (QED) is 0.663. The Morgan fingerprint density at radius 2 is 2.19 bits per heavy atom. The number of carbonyl (C=O) groups is 1. The van der Waals surface area contributed by atoms with Crippen LogP contribution in [0.1, 0.15) is 23.3 Å². The van der Waals surface area contributed by atoms with Gasteiger partial charge < -0.3 is 10.6 Å². The molecule has 27 heavy (non-hydrogen) atoms. The summed E-state index contributed by atoms with van der Waals surface area (Å²) in [4.78, 5) is 16.8. The van der Waals surface area contributed by atoms with E-state index in [1.165, 1.54) is 17.8 Å². The molecule has 1 amide bonds. The van der Waals surface area contributed by atoms with Crippen LogP contribution in [0.25, 0.3) is 16.3 Å². The molecule has 2 N–H and O–H groups in total. The summed E-state index contributed by atoms with van der Waals surface area (Å²) in [6, 6.07) is 9.92. The normalized spacial score (nSPS) is 16.1. The minimum atomic E-state index is -0.103. The first-order chi connectivity index (χ1) is 12.8. The van der Waals surface area contributed by atoms with Gasteiger partial charge in [-0.15, -0.1) is 23.7 Å². The van der Waals surface area contributed by atoms with Crippen LogP contribution in [0.5, 0.6) is 0 Å². The maximum atomic E-state index is 12.3. The first-order valence-corrected chi connectivity index (χ1v) is 9.72. The molecule has 1 unspecified atom stereocenters. The Morgan fingerprint density at radius 3 is 2.96 bits per heavy atom. The standard InChI is InChI=1S/C19H21N5OS.ClH/c25-18(21-9-7-14-6-8-20-10-14)17-13-26-19(23-17)15-11-22-24(12-15)16-4-2-1-3-5-16;/h1-5,11-14,20H,6-10H2,(H,21,25);1H. The van der Waals surface area contributed by atoms with Gasteiger partial charge >= 0.3 is 0 Å². The molecule has 1 aliphatic heterocycles. The van der Waals surface area contributed by atoms with Crippen LogP contribution in [0.4, 0.5) is 0 Å². The van der Waals surface area contributed by atoms with Gasteiger partial charge in [0, 0.05) is 23.7 Å². The predicted molar refractivity (Wildman–Crippen MR) is 110 cm³/mol. The molecule has 142 valence electrons. The van der Waals surface area contributed by atoms with Crippen molar-refractivity contribution in [2.24, 2.45) is 5.92 Å². The minimum Gasteiger partial charge on any atom is -0.351 e. The van der Waals surface area contributed by atoms with Gasteiger partial charge in [0.15, 0.2) is 0 Å². The van der Waals surface area contributed by atoms with E-state index in [4.69, 9.17) is 0 Å². The third kappa shape index (κ3) is 4.74. The molecule has 1 aliphatic rings. The number of amides is 1. The lowest BCUT2D eigenvalue weighted by molar-refractivity contribution is 0.0947. The maximum absolute atomic E-state index is 12.3. The van der Waals surface area contributed by atoms with Crippen LogP contribution in [0.2, 0.25) is 0 Å². The first-order valence-electron chi connectivity index (χ1n) is 8.84. The molecule has 1 aromatic carbocycles. The number of thiazole rings is 1. The van der Waals surface area contributed by atoms with E-state index in [-0.39, 0.29) is 18.3 Å². The van der Waals surface area contributed by atoms with E-state index in [0.717, 1.165) is 35.8 Å². The average molecular weight is 404 g/mol. The van der Waals surface area contributed by atoms with Crippen molar-refractivity contribution < 1.29 is 4.79 Å². The number of para-hydroxylation sites is 1. The van der Waals surface area contributed by atoms with E-state index in [9.17, 15) is 4.79 Å². The van der Waals surface area contributed by atoms with Gasteiger partial charge in [0.1, 0.15) is 10.7 Å². The molecule has 2 aromatic heterocycles. The Kier molecular flexibility index (Phi) is 6.60. The fraction of sp³-hybridized carbons (Fsp3) is 0.316. The second-order valence-electron chi connectivity index (χ2n) is 6.45. The lowest BCUT2D eigenvalue weighted by Crippen LogP contribution is -2.26. The van der Waals surface area contributed by atoms with Gasteiger partial charge in [-0.25, -0.2) is 9.67 Å². The van der Waals surface area contributed by atoms with Gasteiger partial charge in [0.25, 0.3) is 5.91 Å². The van der Waals surface area contributed by atoms with Crippen molar-refractivity contribution in [1.29, 1.82) is 0 Å². The second kappa shape index (κ2) is 9.12. The first kappa shape index (κ1) is 19.5. The number of carbonyl (C=O) groups excluding carboxylic acids is 1. The Hall–Kier alpha value is -2.22. The van der Waals surface area contributed by atoms with Crippen LogP contribution >= 0.6 is 23.7 Å². The monoisotopic (exact) mass is 403 g/mol. The Balaban J connectivity index is 0.00000210. The molecule has 1 saturated heterocycles.